The van der Waals surface area contributed by atoms with E-state index in [1.807, 2.05) is 0 Å². The van der Waals surface area contributed by atoms with Gasteiger partial charge in [0, 0.05) is 66.2 Å². The molecule has 3 aromatic rings. The molecule has 2 atom stereocenters. The van der Waals surface area contributed by atoms with Crippen LogP contribution in [-0.2, 0) is 43.8 Å². The molecule has 6 rings (SSSR count). The van der Waals surface area contributed by atoms with Crippen molar-refractivity contribution in [3.05, 3.63) is 76.9 Å². The molecular weight excluding hydrogens is 740 g/mol. The first-order chi connectivity index (χ1) is 26.4. The van der Waals surface area contributed by atoms with E-state index >= 15 is 0 Å². The molecule has 3 heterocycles. The summed E-state index contributed by atoms with van der Waals surface area (Å²) in [4.78, 5) is 74.8. The average Bonchev–Trinajstić information content (AvgIpc) is 3.58. The van der Waals surface area contributed by atoms with Crippen LogP contribution in [0.25, 0.3) is 0 Å². The van der Waals surface area contributed by atoms with Crippen LogP contribution < -0.4 is 21.1 Å². The summed E-state index contributed by atoms with van der Waals surface area (Å²) in [5.41, 5.74) is 6.11. The topological polar surface area (TPSA) is 253 Å². The molecule has 55 heavy (non-hydrogen) atoms. The van der Waals surface area contributed by atoms with Gasteiger partial charge in [-0.3, -0.25) is 28.9 Å². The van der Waals surface area contributed by atoms with Gasteiger partial charge in [-0.05, 0) is 36.4 Å². The van der Waals surface area contributed by atoms with E-state index in [1.54, 1.807) is 24.3 Å². The summed E-state index contributed by atoms with van der Waals surface area (Å²) in [6, 6.07) is 12.6. The Morgan fingerprint density at radius 2 is 1.55 bits per heavy atom. The number of aromatic hydroxyl groups is 2. The molecule has 18 heteroatoms. The number of phenolic OH excluding ortho intramolecular Hbond substituents is 2. The summed E-state index contributed by atoms with van der Waals surface area (Å²) in [5.74, 6) is -3.07. The number of carbonyl (C=O) groups excluding carboxylic acids is 5. The fourth-order valence-corrected chi connectivity index (χ4v) is 7.48. The zero-order chi connectivity index (χ0) is 39.3. The van der Waals surface area contributed by atoms with Crippen molar-refractivity contribution >= 4 is 53.0 Å². The van der Waals surface area contributed by atoms with Crippen LogP contribution in [0.3, 0.4) is 0 Å². The zero-order valence-corrected chi connectivity index (χ0v) is 30.1. The Morgan fingerprint density at radius 3 is 2.22 bits per heavy atom. The summed E-state index contributed by atoms with van der Waals surface area (Å²) in [6.45, 7) is 0.749. The number of amides is 4. The van der Waals surface area contributed by atoms with Gasteiger partial charge in [0.25, 0.3) is 0 Å². The predicted octanol–water partition coefficient (Wildman–Crippen LogP) is 1.81. The number of imide groups is 1. The fraction of sp³-hybridized carbons (Fsp3) is 0.351. The number of nitrogens with one attached hydrogen (secondary N) is 2. The number of carbonyl (C=O) groups is 6. The summed E-state index contributed by atoms with van der Waals surface area (Å²) in [6.07, 6.45) is -0.150. The lowest BCUT2D eigenvalue weighted by molar-refractivity contribution is -0.139. The van der Waals surface area contributed by atoms with Gasteiger partial charge in [0.05, 0.1) is 43.7 Å². The number of nitrogens with two attached hydrogens (primary N) is 1. The highest BCUT2D eigenvalue weighted by atomic mass is 32.2. The zero-order valence-electron chi connectivity index (χ0n) is 29.3. The van der Waals surface area contributed by atoms with E-state index in [4.69, 9.17) is 29.8 Å². The second-order valence-electron chi connectivity index (χ2n) is 12.8. The van der Waals surface area contributed by atoms with E-state index < -0.39 is 40.6 Å². The van der Waals surface area contributed by atoms with Crippen LogP contribution >= 0.6 is 11.8 Å². The largest absolute Gasteiger partial charge is 0.508 e. The van der Waals surface area contributed by atoms with Crippen molar-refractivity contribution in [2.24, 2.45) is 5.73 Å². The maximum absolute atomic E-state index is 13.3. The maximum Gasteiger partial charge on any atom is 0.340 e. The molecular formula is C37H38N4O13S. The Morgan fingerprint density at radius 1 is 0.891 bits per heavy atom. The van der Waals surface area contributed by atoms with Gasteiger partial charge in [-0.15, -0.1) is 11.8 Å². The van der Waals surface area contributed by atoms with Crippen molar-refractivity contribution in [2.75, 3.05) is 50.6 Å². The molecule has 1 unspecified atom stereocenters. The lowest BCUT2D eigenvalue weighted by Gasteiger charge is -2.36. The Kier molecular flexibility index (Phi) is 11.9. The molecule has 7 N–H and O–H groups in total. The van der Waals surface area contributed by atoms with Gasteiger partial charge >= 0.3 is 11.9 Å². The molecule has 290 valence electrons. The van der Waals surface area contributed by atoms with Gasteiger partial charge in [0.15, 0.2) is 5.60 Å². The first kappa shape index (κ1) is 39.0. The van der Waals surface area contributed by atoms with Crippen LogP contribution in [0, 0.1) is 0 Å². The van der Waals surface area contributed by atoms with E-state index in [9.17, 15) is 39.0 Å². The number of hydrogen-bond acceptors (Lipinski definition) is 14. The molecule has 1 fully saturated rings. The molecule has 0 aromatic heterocycles. The summed E-state index contributed by atoms with van der Waals surface area (Å²) >= 11 is 1.01. The molecule has 3 aliphatic rings. The third-order valence-corrected chi connectivity index (χ3v) is 10.4. The van der Waals surface area contributed by atoms with Gasteiger partial charge in [0.2, 0.25) is 23.6 Å². The number of hydrogen-bond donors (Lipinski definition) is 6. The normalized spacial score (nSPS) is 16.9. The molecule has 0 aliphatic carbocycles. The Balaban J connectivity index is 0.889. The minimum Gasteiger partial charge on any atom is -0.508 e. The Bertz CT molecular complexity index is 1970. The van der Waals surface area contributed by atoms with Crippen molar-refractivity contribution in [2.45, 2.75) is 36.2 Å². The quantitative estimate of drug-likeness (QED) is 0.0649. The van der Waals surface area contributed by atoms with Crippen LogP contribution in [0.5, 0.6) is 23.0 Å². The molecule has 3 aliphatic heterocycles. The SMILES string of the molecule is N[C@@H](CSC1CC(=O)N(CCC(=O)NCCOCCOCCC(=O)Nc2ccc3c(c2)C(=O)OC32c3ccc(O)cc3Oc3cc(O)ccc32)C1=O)C(=O)O. The number of carboxylic acids is 1. The minimum absolute atomic E-state index is 0.0149. The summed E-state index contributed by atoms with van der Waals surface area (Å²) in [5, 5.41) is 33.8. The summed E-state index contributed by atoms with van der Waals surface area (Å²) in [7, 11) is 0. The second kappa shape index (κ2) is 16.8. The first-order valence-corrected chi connectivity index (χ1v) is 18.3. The van der Waals surface area contributed by atoms with Crippen LogP contribution in [0.2, 0.25) is 0 Å². The van der Waals surface area contributed by atoms with E-state index in [1.165, 1.54) is 30.3 Å². The molecule has 0 bridgehead atoms. The van der Waals surface area contributed by atoms with Crippen molar-refractivity contribution in [3.63, 3.8) is 0 Å². The number of anilines is 1. The molecule has 3 aromatic carbocycles. The first-order valence-electron chi connectivity index (χ1n) is 17.3. The standard InChI is InChI=1S/C37H38N4O13S/c38-27(35(48)49)19-55-30-18-33(46)41(34(30)47)10-7-31(44)39-9-12-52-14-13-51-11-8-32(45)40-20-1-4-24-23(15-20)36(50)54-37(24)25-5-2-21(42)16-28(25)53-29-17-22(43)3-6-26(29)37/h1-6,15-17,27,30,42-43H,7-14,18-19,38H2,(H,39,44)(H,40,45)(H,48,49)/t27-,30?/m0/s1. The lowest BCUT2D eigenvalue weighted by atomic mass is 9.77. The van der Waals surface area contributed by atoms with Crippen molar-refractivity contribution in [1.82, 2.24) is 10.2 Å². The molecule has 0 saturated carbocycles. The molecule has 0 radical (unpaired) electrons. The number of carboxylic acid groups (broad SMARTS) is 1. The maximum atomic E-state index is 13.3. The number of esters is 1. The van der Waals surface area contributed by atoms with Gasteiger partial charge in [-0.1, -0.05) is 6.07 Å². The van der Waals surface area contributed by atoms with Gasteiger partial charge < -0.3 is 50.6 Å². The second-order valence-corrected chi connectivity index (χ2v) is 14.0. The number of ether oxygens (including phenoxy) is 4. The highest BCUT2D eigenvalue weighted by Crippen LogP contribution is 2.57. The summed E-state index contributed by atoms with van der Waals surface area (Å²) < 4.78 is 22.9. The highest BCUT2D eigenvalue weighted by Gasteiger charge is 2.53. The van der Waals surface area contributed by atoms with Crippen LogP contribution in [0.15, 0.2) is 54.6 Å². The Labute approximate surface area is 318 Å². The van der Waals surface area contributed by atoms with E-state index in [2.05, 4.69) is 10.6 Å². The minimum atomic E-state index is -1.41. The molecule has 17 nitrogen and oxygen atoms in total. The van der Waals surface area contributed by atoms with Crippen LogP contribution in [0.1, 0.15) is 46.3 Å². The van der Waals surface area contributed by atoms with Crippen molar-refractivity contribution < 1.29 is 63.0 Å². The highest BCUT2D eigenvalue weighted by molar-refractivity contribution is 8.00. The molecule has 1 saturated heterocycles. The molecule has 1 spiro atoms. The third kappa shape index (κ3) is 8.51. The van der Waals surface area contributed by atoms with Crippen LogP contribution in [-0.4, -0.2) is 112 Å². The van der Waals surface area contributed by atoms with Gasteiger partial charge in [-0.2, -0.15) is 0 Å². The number of thioether (sulfide) groups is 1. The average molecular weight is 779 g/mol. The van der Waals surface area contributed by atoms with Crippen LogP contribution in [0.4, 0.5) is 5.69 Å². The monoisotopic (exact) mass is 778 g/mol. The third-order valence-electron chi connectivity index (χ3n) is 9.03. The molecule has 4 amide bonds. The van der Waals surface area contributed by atoms with E-state index in [0.29, 0.717) is 22.4 Å². The number of fused-ring (bicyclic) bond motifs is 6. The number of nitrogens with zero attached hydrogens (tertiary/aromatic N) is 1. The van der Waals surface area contributed by atoms with E-state index in [-0.39, 0.29) is 105 Å². The number of aliphatic carboxylic acids is 1. The number of rotatable bonds is 17. The predicted molar refractivity (Wildman–Crippen MR) is 194 cm³/mol. The number of benzene rings is 3. The van der Waals surface area contributed by atoms with Crippen molar-refractivity contribution in [3.8, 4) is 23.0 Å². The Hall–Kier alpha value is -5.69. The van der Waals surface area contributed by atoms with Gasteiger partial charge in [0.1, 0.15) is 29.0 Å². The van der Waals surface area contributed by atoms with Gasteiger partial charge in [-0.25, -0.2) is 4.79 Å². The smallest absolute Gasteiger partial charge is 0.340 e. The lowest BCUT2D eigenvalue weighted by Crippen LogP contribution is -2.37. The number of likely N-dealkylation sites (tertiary alicyclic amines) is 1. The van der Waals surface area contributed by atoms with E-state index in [0.717, 1.165) is 16.7 Å². The number of phenols is 2. The fourth-order valence-electron chi connectivity index (χ4n) is 6.37. The van der Waals surface area contributed by atoms with Crippen molar-refractivity contribution in [1.29, 1.82) is 0 Å².